The largest absolute Gasteiger partial charge is 0.357 e. The number of benzene rings is 6. The molecule has 0 heterocycles. The molecule has 0 aliphatic heterocycles. The minimum atomic E-state index is -0.339. The Kier molecular flexibility index (Phi) is 9.89. The highest BCUT2D eigenvalue weighted by molar-refractivity contribution is 6.16. The minimum Gasteiger partial charge on any atom is -0.357 e. The molecule has 0 bridgehead atoms. The second-order valence-corrected chi connectivity index (χ2v) is 11.2. The molecule has 0 aliphatic rings. The predicted molar refractivity (Wildman–Crippen MR) is 196 cm³/mol. The van der Waals surface area contributed by atoms with E-state index >= 15 is 0 Å². The molecule has 47 heavy (non-hydrogen) atoms. The first-order chi connectivity index (χ1) is 23.1. The van der Waals surface area contributed by atoms with Gasteiger partial charge in [-0.15, -0.1) is 0 Å². The van der Waals surface area contributed by atoms with Crippen LogP contribution in [0.2, 0.25) is 0 Å². The second-order valence-electron chi connectivity index (χ2n) is 11.2. The number of hydrogen-bond acceptors (Lipinski definition) is 1. The van der Waals surface area contributed by atoms with Crippen LogP contribution in [-0.2, 0) is 0 Å². The first kappa shape index (κ1) is 31.1. The quantitative estimate of drug-likeness (QED) is 0.127. The Morgan fingerprint density at radius 2 is 0.766 bits per heavy atom. The Balaban J connectivity index is 1.41. The molecule has 6 aromatic carbocycles. The van der Waals surface area contributed by atoms with E-state index in [1.165, 1.54) is 0 Å². The number of nitrogens with zero attached hydrogens (tertiary/aromatic N) is 3. The van der Waals surface area contributed by atoms with E-state index in [-0.39, 0.29) is 5.91 Å². The first-order valence-electron chi connectivity index (χ1n) is 16.1. The molecule has 0 N–H and O–H groups in total. The summed E-state index contributed by atoms with van der Waals surface area (Å²) in [5.41, 5.74) is 8.88. The van der Waals surface area contributed by atoms with Crippen molar-refractivity contribution in [3.05, 3.63) is 180 Å². The molecular weight excluding hydrogens is 574 g/mol. The standard InChI is InChI=1S/C43H37N3O/c1-3-46(4-2)42(39-28-22-36(23-29-39)33-16-10-6-11-17-33)44-41(38-26-20-35(21-27-38)32-14-8-5-9-15-32)45-43(47)40-30-24-37(25-31-40)34-18-12-7-13-19-34/h5-31H,3-4H2,1-2H3. The van der Waals surface area contributed by atoms with Gasteiger partial charge in [-0.3, -0.25) is 4.79 Å². The van der Waals surface area contributed by atoms with Gasteiger partial charge in [0.2, 0.25) is 0 Å². The van der Waals surface area contributed by atoms with Crippen molar-refractivity contribution < 1.29 is 4.79 Å². The molecule has 0 saturated heterocycles. The fourth-order valence-corrected chi connectivity index (χ4v) is 5.58. The van der Waals surface area contributed by atoms with Gasteiger partial charge in [-0.2, -0.15) is 4.99 Å². The summed E-state index contributed by atoms with van der Waals surface area (Å²) in [5.74, 6) is 0.803. The van der Waals surface area contributed by atoms with Crippen LogP contribution in [-0.4, -0.2) is 35.6 Å². The molecule has 4 nitrogen and oxygen atoms in total. The molecule has 4 heteroatoms. The third-order valence-electron chi connectivity index (χ3n) is 8.22. The summed E-state index contributed by atoms with van der Waals surface area (Å²) in [7, 11) is 0. The highest BCUT2D eigenvalue weighted by Gasteiger charge is 2.16. The molecule has 0 atom stereocenters. The highest BCUT2D eigenvalue weighted by Crippen LogP contribution is 2.23. The van der Waals surface area contributed by atoms with Crippen LogP contribution in [0.3, 0.4) is 0 Å². The van der Waals surface area contributed by atoms with Crippen molar-refractivity contribution in [3.8, 4) is 33.4 Å². The average molecular weight is 612 g/mol. The van der Waals surface area contributed by atoms with Crippen molar-refractivity contribution in [2.24, 2.45) is 9.98 Å². The molecule has 6 aromatic rings. The lowest BCUT2D eigenvalue weighted by molar-refractivity contribution is 0.100. The van der Waals surface area contributed by atoms with Crippen LogP contribution in [0.1, 0.15) is 35.3 Å². The summed E-state index contributed by atoms with van der Waals surface area (Å²) in [4.78, 5) is 25.8. The van der Waals surface area contributed by atoms with E-state index in [0.29, 0.717) is 11.4 Å². The van der Waals surface area contributed by atoms with Gasteiger partial charge in [0.25, 0.3) is 5.91 Å². The fraction of sp³-hybridized carbons (Fsp3) is 0.0930. The van der Waals surface area contributed by atoms with E-state index in [1.807, 2.05) is 91.0 Å². The Morgan fingerprint density at radius 1 is 0.426 bits per heavy atom. The summed E-state index contributed by atoms with van der Waals surface area (Å²) < 4.78 is 0. The lowest BCUT2D eigenvalue weighted by atomic mass is 10.0. The zero-order valence-electron chi connectivity index (χ0n) is 26.8. The van der Waals surface area contributed by atoms with Gasteiger partial charge in [0.1, 0.15) is 5.84 Å². The molecule has 0 aliphatic carbocycles. The molecule has 0 radical (unpaired) electrons. The van der Waals surface area contributed by atoms with Crippen LogP contribution in [0, 0.1) is 0 Å². The van der Waals surface area contributed by atoms with Gasteiger partial charge in [-0.25, -0.2) is 4.99 Å². The number of hydrogen-bond donors (Lipinski definition) is 0. The van der Waals surface area contributed by atoms with Crippen molar-refractivity contribution in [2.75, 3.05) is 13.1 Å². The van der Waals surface area contributed by atoms with Crippen LogP contribution < -0.4 is 0 Å². The average Bonchev–Trinajstić information content (AvgIpc) is 3.15. The maximum absolute atomic E-state index is 13.7. The predicted octanol–water partition coefficient (Wildman–Crippen LogP) is 10.1. The number of carbonyl (C=O) groups excluding carboxylic acids is 1. The number of amidine groups is 2. The zero-order valence-corrected chi connectivity index (χ0v) is 26.8. The summed E-state index contributed by atoms with van der Waals surface area (Å²) in [5, 5.41) is 0. The van der Waals surface area contributed by atoms with Crippen molar-refractivity contribution in [3.63, 3.8) is 0 Å². The van der Waals surface area contributed by atoms with Crippen LogP contribution in [0.4, 0.5) is 0 Å². The number of carbonyl (C=O) groups is 1. The maximum Gasteiger partial charge on any atom is 0.279 e. The van der Waals surface area contributed by atoms with Gasteiger partial charge in [0, 0.05) is 29.8 Å². The minimum absolute atomic E-state index is 0.339. The van der Waals surface area contributed by atoms with E-state index in [4.69, 9.17) is 4.99 Å². The lowest BCUT2D eigenvalue weighted by Crippen LogP contribution is -2.32. The number of aliphatic imine (C=N–C) groups is 2. The molecule has 0 unspecified atom stereocenters. The summed E-state index contributed by atoms with van der Waals surface area (Å²) in [6.45, 7) is 5.74. The van der Waals surface area contributed by atoms with Gasteiger partial charge in [-0.05, 0) is 59.4 Å². The highest BCUT2D eigenvalue weighted by atomic mass is 16.1. The third-order valence-corrected chi connectivity index (χ3v) is 8.22. The van der Waals surface area contributed by atoms with E-state index in [0.717, 1.165) is 63.4 Å². The van der Waals surface area contributed by atoms with Crippen LogP contribution in [0.25, 0.3) is 33.4 Å². The van der Waals surface area contributed by atoms with E-state index in [9.17, 15) is 4.79 Å². The Labute approximate surface area is 277 Å². The smallest absolute Gasteiger partial charge is 0.279 e. The molecule has 0 aromatic heterocycles. The van der Waals surface area contributed by atoms with Gasteiger partial charge < -0.3 is 4.90 Å². The first-order valence-corrected chi connectivity index (χ1v) is 16.1. The SMILES string of the molecule is CCN(CC)C(=NC(=NC(=O)c1ccc(-c2ccccc2)cc1)c1ccc(-c2ccccc2)cc1)c1ccc(-c2ccccc2)cc1. The molecule has 0 spiro atoms. The van der Waals surface area contributed by atoms with E-state index in [1.54, 1.807) is 0 Å². The normalized spacial score (nSPS) is 11.7. The topological polar surface area (TPSA) is 45.0 Å². The van der Waals surface area contributed by atoms with Crippen molar-refractivity contribution in [1.82, 2.24) is 4.90 Å². The van der Waals surface area contributed by atoms with Crippen LogP contribution >= 0.6 is 0 Å². The van der Waals surface area contributed by atoms with Crippen LogP contribution in [0.15, 0.2) is 174 Å². The molecule has 0 saturated carbocycles. The molecule has 1 amide bonds. The molecule has 6 rings (SSSR count). The number of amides is 1. The Bertz CT molecular complexity index is 1960. The lowest BCUT2D eigenvalue weighted by Gasteiger charge is -2.24. The molecule has 230 valence electrons. The third kappa shape index (κ3) is 7.51. The van der Waals surface area contributed by atoms with Crippen molar-refractivity contribution in [2.45, 2.75) is 13.8 Å². The number of rotatable bonds is 8. The summed E-state index contributed by atoms with van der Waals surface area (Å²) >= 11 is 0. The maximum atomic E-state index is 13.7. The molecular formula is C43H37N3O. The summed E-state index contributed by atoms with van der Waals surface area (Å²) in [6.07, 6.45) is 0. The Hall–Kier alpha value is -5.87. The monoisotopic (exact) mass is 611 g/mol. The Morgan fingerprint density at radius 3 is 1.15 bits per heavy atom. The van der Waals surface area contributed by atoms with Crippen LogP contribution in [0.5, 0.6) is 0 Å². The van der Waals surface area contributed by atoms with Crippen molar-refractivity contribution in [1.29, 1.82) is 0 Å². The molecule has 0 fully saturated rings. The zero-order chi connectivity index (χ0) is 32.4. The van der Waals surface area contributed by atoms with E-state index in [2.05, 4.69) is 96.5 Å². The van der Waals surface area contributed by atoms with Gasteiger partial charge >= 0.3 is 0 Å². The summed E-state index contributed by atoms with van der Waals surface area (Å²) in [6, 6.07) is 54.8. The fourth-order valence-electron chi connectivity index (χ4n) is 5.58. The van der Waals surface area contributed by atoms with Gasteiger partial charge in [0.05, 0.1) is 0 Å². The second kappa shape index (κ2) is 14.9. The van der Waals surface area contributed by atoms with Crippen molar-refractivity contribution >= 4 is 17.6 Å². The van der Waals surface area contributed by atoms with Gasteiger partial charge in [0.15, 0.2) is 5.84 Å². The van der Waals surface area contributed by atoms with Gasteiger partial charge in [-0.1, -0.05) is 152 Å². The van der Waals surface area contributed by atoms with E-state index < -0.39 is 0 Å².